The van der Waals surface area contributed by atoms with Gasteiger partial charge in [-0.3, -0.25) is 4.79 Å². The Kier molecular flexibility index (Phi) is 7.44. The molecule has 29 heavy (non-hydrogen) atoms. The van der Waals surface area contributed by atoms with Crippen molar-refractivity contribution < 1.29 is 32.4 Å². The molecule has 0 spiro atoms. The summed E-state index contributed by atoms with van der Waals surface area (Å²) < 4.78 is 35.7. The average molecular weight is 537 g/mol. The van der Waals surface area contributed by atoms with E-state index in [-0.39, 0.29) is 41.0 Å². The molecule has 1 saturated carbocycles. The number of rotatable bonds is 8. The number of nitrogens with one attached hydrogen (secondary N) is 1. The Morgan fingerprint density at radius 1 is 1.41 bits per heavy atom. The number of hydrogen-bond acceptors (Lipinski definition) is 7. The summed E-state index contributed by atoms with van der Waals surface area (Å²) in [6.45, 7) is 0.0903. The second-order valence-corrected chi connectivity index (χ2v) is 10.2. The van der Waals surface area contributed by atoms with Crippen LogP contribution >= 0.6 is 22.6 Å². The summed E-state index contributed by atoms with van der Waals surface area (Å²) in [6.07, 6.45) is 6.60. The number of allylic oxidation sites excluding steroid dienone is 2. The van der Waals surface area contributed by atoms with Crippen molar-refractivity contribution >= 4 is 51.5 Å². The number of ether oxygens (including phenoxy) is 1. The van der Waals surface area contributed by atoms with Crippen LogP contribution in [0.15, 0.2) is 23.0 Å². The van der Waals surface area contributed by atoms with Gasteiger partial charge in [0.15, 0.2) is 0 Å². The summed E-state index contributed by atoms with van der Waals surface area (Å²) in [5.74, 6) is -0.412. The van der Waals surface area contributed by atoms with Crippen LogP contribution < -0.4 is 4.72 Å². The van der Waals surface area contributed by atoms with Crippen molar-refractivity contribution in [2.45, 2.75) is 44.3 Å². The molecule has 2 N–H and O–H groups in total. The first-order valence-corrected chi connectivity index (χ1v) is 13.1. The van der Waals surface area contributed by atoms with Gasteiger partial charge in [0.1, 0.15) is 16.2 Å². The lowest BCUT2D eigenvalue weighted by Crippen LogP contribution is -2.44. The predicted molar refractivity (Wildman–Crippen MR) is 115 cm³/mol. The Morgan fingerprint density at radius 2 is 2.17 bits per heavy atom. The Labute approximate surface area is 184 Å². The van der Waals surface area contributed by atoms with E-state index in [1.54, 1.807) is 6.08 Å². The average Bonchev–Trinajstić information content (AvgIpc) is 2.60. The monoisotopic (exact) mass is 537 g/mol. The molecule has 3 atom stereocenters. The fraction of sp³-hybridized carbons (Fsp3) is 0.667. The zero-order valence-corrected chi connectivity index (χ0v) is 19.2. The van der Waals surface area contributed by atoms with Gasteiger partial charge in [0, 0.05) is 24.7 Å². The number of carbonyl (C=O) groups is 2. The van der Waals surface area contributed by atoms with Crippen molar-refractivity contribution in [2.24, 2.45) is 11.8 Å². The van der Waals surface area contributed by atoms with Crippen LogP contribution in [0.1, 0.15) is 38.5 Å². The SMILES string of the molecule is CS(=O)(=O)NCCC(=O)C1CCC1[C@H]1CC2=C(OB1O)C(C(=O)OCI)=CCC2. The van der Waals surface area contributed by atoms with Gasteiger partial charge in [-0.2, -0.15) is 0 Å². The topological polar surface area (TPSA) is 119 Å². The molecular weight excluding hydrogens is 512 g/mol. The van der Waals surface area contributed by atoms with Crippen molar-refractivity contribution in [3.63, 3.8) is 0 Å². The highest BCUT2D eigenvalue weighted by atomic mass is 127. The summed E-state index contributed by atoms with van der Waals surface area (Å²) in [7, 11) is -4.40. The molecule has 160 valence electrons. The minimum Gasteiger partial charge on any atom is -0.535 e. The Balaban J connectivity index is 1.65. The molecule has 8 nitrogen and oxygen atoms in total. The maximum atomic E-state index is 12.5. The fourth-order valence-corrected chi connectivity index (χ4v) is 5.13. The third-order valence-corrected chi connectivity index (χ3v) is 6.92. The maximum Gasteiger partial charge on any atom is 0.526 e. The van der Waals surface area contributed by atoms with E-state index in [0.29, 0.717) is 24.2 Å². The molecule has 11 heteroatoms. The molecule has 3 aliphatic rings. The summed E-state index contributed by atoms with van der Waals surface area (Å²) in [5.41, 5.74) is 1.36. The molecule has 2 unspecified atom stereocenters. The highest BCUT2D eigenvalue weighted by Crippen LogP contribution is 2.51. The summed E-state index contributed by atoms with van der Waals surface area (Å²) in [6, 6.07) is 0. The van der Waals surface area contributed by atoms with Gasteiger partial charge in [0.2, 0.25) is 10.0 Å². The van der Waals surface area contributed by atoms with E-state index in [1.807, 2.05) is 22.6 Å². The number of Topliss-reactive ketones (excluding diaryl/α,β-unsaturated/α-hetero) is 1. The predicted octanol–water partition coefficient (Wildman–Crippen LogP) is 1.70. The van der Waals surface area contributed by atoms with E-state index >= 15 is 0 Å². The minimum absolute atomic E-state index is 0.000405. The number of carbonyl (C=O) groups excluding carboxylic acids is 2. The zero-order chi connectivity index (χ0) is 21.2. The number of hydrogen-bond donors (Lipinski definition) is 2. The molecule has 0 saturated heterocycles. The van der Waals surface area contributed by atoms with Crippen LogP contribution in [0.4, 0.5) is 0 Å². The van der Waals surface area contributed by atoms with Gasteiger partial charge in [-0.05, 0) is 66.2 Å². The van der Waals surface area contributed by atoms with Crippen LogP contribution in [-0.4, -0.2) is 49.7 Å². The first kappa shape index (κ1) is 22.8. The van der Waals surface area contributed by atoms with Crippen LogP contribution in [0, 0.1) is 11.8 Å². The number of alkyl halides is 1. The van der Waals surface area contributed by atoms with Gasteiger partial charge in [-0.25, -0.2) is 17.9 Å². The first-order valence-electron chi connectivity index (χ1n) is 9.69. The van der Waals surface area contributed by atoms with Gasteiger partial charge < -0.3 is 14.4 Å². The fourth-order valence-electron chi connectivity index (χ4n) is 4.37. The normalized spacial score (nSPS) is 26.8. The molecule has 2 aliphatic carbocycles. The lowest BCUT2D eigenvalue weighted by Gasteiger charge is -2.44. The van der Waals surface area contributed by atoms with Crippen molar-refractivity contribution in [1.82, 2.24) is 4.72 Å². The van der Waals surface area contributed by atoms with Gasteiger partial charge >= 0.3 is 13.1 Å². The Bertz CT molecular complexity index is 841. The number of halogens is 1. The smallest absolute Gasteiger partial charge is 0.526 e. The third kappa shape index (κ3) is 5.42. The van der Waals surface area contributed by atoms with E-state index in [9.17, 15) is 23.0 Å². The highest BCUT2D eigenvalue weighted by molar-refractivity contribution is 14.1. The molecule has 0 bridgehead atoms. The van der Waals surface area contributed by atoms with Gasteiger partial charge in [0.25, 0.3) is 0 Å². The highest BCUT2D eigenvalue weighted by Gasteiger charge is 2.49. The van der Waals surface area contributed by atoms with Crippen molar-refractivity contribution in [1.29, 1.82) is 0 Å². The lowest BCUT2D eigenvalue weighted by molar-refractivity contribution is -0.136. The van der Waals surface area contributed by atoms with E-state index in [1.165, 1.54) is 0 Å². The number of esters is 1. The molecule has 1 heterocycles. The third-order valence-electron chi connectivity index (χ3n) is 5.88. The van der Waals surface area contributed by atoms with Gasteiger partial charge in [-0.1, -0.05) is 6.08 Å². The van der Waals surface area contributed by atoms with Crippen LogP contribution in [0.2, 0.25) is 5.82 Å². The molecule has 3 rings (SSSR count). The second-order valence-electron chi connectivity index (χ2n) is 7.74. The van der Waals surface area contributed by atoms with Crippen molar-refractivity contribution in [3.8, 4) is 0 Å². The molecule has 0 radical (unpaired) electrons. The maximum absolute atomic E-state index is 12.5. The number of ketones is 1. The van der Waals surface area contributed by atoms with Crippen LogP contribution in [0.3, 0.4) is 0 Å². The second kappa shape index (κ2) is 9.48. The quantitative estimate of drug-likeness (QED) is 0.210. The van der Waals surface area contributed by atoms with Crippen LogP contribution in [0.5, 0.6) is 0 Å². The summed E-state index contributed by atoms with van der Waals surface area (Å²) in [5, 5.41) is 10.6. The van der Waals surface area contributed by atoms with E-state index in [0.717, 1.165) is 31.1 Å². The molecule has 0 aromatic heterocycles. The van der Waals surface area contributed by atoms with Gasteiger partial charge in [-0.15, -0.1) is 0 Å². The summed E-state index contributed by atoms with van der Waals surface area (Å²) >= 11 is 1.95. The van der Waals surface area contributed by atoms with Gasteiger partial charge in [0.05, 0.1) is 11.8 Å². The number of sulfonamides is 1. The molecule has 0 aromatic rings. The Morgan fingerprint density at radius 3 is 2.79 bits per heavy atom. The Hall–Kier alpha value is -0.915. The molecule has 0 aromatic carbocycles. The van der Waals surface area contributed by atoms with E-state index in [4.69, 9.17) is 9.39 Å². The zero-order valence-electron chi connectivity index (χ0n) is 16.2. The summed E-state index contributed by atoms with van der Waals surface area (Å²) in [4.78, 5) is 24.7. The van der Waals surface area contributed by atoms with E-state index < -0.39 is 23.1 Å². The first-order chi connectivity index (χ1) is 13.7. The van der Waals surface area contributed by atoms with Crippen molar-refractivity contribution in [3.05, 3.63) is 23.0 Å². The van der Waals surface area contributed by atoms with Crippen LogP contribution in [0.25, 0.3) is 0 Å². The molecule has 1 fully saturated rings. The molecule has 0 amide bonds. The van der Waals surface area contributed by atoms with E-state index in [2.05, 4.69) is 4.72 Å². The molecule has 1 aliphatic heterocycles. The van der Waals surface area contributed by atoms with Crippen molar-refractivity contribution in [2.75, 3.05) is 17.4 Å². The molecular formula is C18H25BINO7S. The minimum atomic E-state index is -3.32. The largest absolute Gasteiger partial charge is 0.535 e. The lowest BCUT2D eigenvalue weighted by atomic mass is 9.51. The standard InChI is InChI=1S/C18H25BINO7S/c1-29(25,26)21-8-7-16(22)13-6-5-12(13)15-9-11-3-2-4-14(18(23)27-10-20)17(11)28-19(15)24/h4,12-13,15,21,24H,2-3,5-10H2,1H3/t12?,13?,15-/m1/s1. The van der Waals surface area contributed by atoms with Crippen LogP contribution in [-0.2, 0) is 29.0 Å².